The fourth-order valence-electron chi connectivity index (χ4n) is 3.50. The molecule has 19 heavy (non-hydrogen) atoms. The maximum Gasteiger partial charge on any atom is 0.248 e. The third-order valence-corrected chi connectivity index (χ3v) is 4.54. The second kappa shape index (κ2) is 4.72. The van der Waals surface area contributed by atoms with Crippen molar-refractivity contribution in [3.05, 3.63) is 42.0 Å². The van der Waals surface area contributed by atoms with Gasteiger partial charge in [-0.1, -0.05) is 12.2 Å². The molecular formula is C16H20N2O. The lowest BCUT2D eigenvalue weighted by Gasteiger charge is -2.27. The molecule has 1 fully saturated rings. The largest absolute Gasteiger partial charge is 0.382 e. The predicted octanol–water partition coefficient (Wildman–Crippen LogP) is 2.80. The molecule has 1 saturated carbocycles. The number of hydrogen-bond acceptors (Lipinski definition) is 2. The summed E-state index contributed by atoms with van der Waals surface area (Å²) < 4.78 is 0. The normalized spacial score (nSPS) is 29.4. The maximum absolute atomic E-state index is 11.0. The Bertz CT molecular complexity index is 506. The van der Waals surface area contributed by atoms with Gasteiger partial charge < -0.3 is 11.1 Å². The number of primary amides is 1. The van der Waals surface area contributed by atoms with Crippen LogP contribution in [0.1, 0.15) is 30.1 Å². The fourth-order valence-corrected chi connectivity index (χ4v) is 3.50. The second-order valence-corrected chi connectivity index (χ2v) is 5.82. The number of nitrogens with two attached hydrogens (primary N) is 1. The highest BCUT2D eigenvalue weighted by Crippen LogP contribution is 2.45. The van der Waals surface area contributed by atoms with Crippen molar-refractivity contribution in [3.63, 3.8) is 0 Å². The van der Waals surface area contributed by atoms with Crippen molar-refractivity contribution in [2.75, 3.05) is 5.32 Å². The zero-order chi connectivity index (χ0) is 13.4. The molecule has 0 spiro atoms. The standard InChI is InChI=1S/C16H20N2O/c1-10(15-9-11-2-3-13(15)8-11)18-14-6-4-12(5-7-14)16(17)19/h2-7,10-11,13,15,18H,8-9H2,1H3,(H2,17,19). The Morgan fingerprint density at radius 2 is 2.00 bits per heavy atom. The van der Waals surface area contributed by atoms with Crippen molar-refractivity contribution < 1.29 is 4.79 Å². The number of amides is 1. The van der Waals surface area contributed by atoms with Crippen LogP contribution in [0, 0.1) is 17.8 Å². The van der Waals surface area contributed by atoms with Crippen molar-refractivity contribution in [1.29, 1.82) is 0 Å². The third-order valence-electron chi connectivity index (χ3n) is 4.54. The van der Waals surface area contributed by atoms with Crippen molar-refractivity contribution in [2.24, 2.45) is 23.5 Å². The van der Waals surface area contributed by atoms with Crippen molar-refractivity contribution in [1.82, 2.24) is 0 Å². The van der Waals surface area contributed by atoms with E-state index in [1.807, 2.05) is 12.1 Å². The molecule has 2 aliphatic carbocycles. The number of fused-ring (bicyclic) bond motifs is 2. The molecule has 0 radical (unpaired) electrons. The molecule has 0 heterocycles. The Kier molecular flexibility index (Phi) is 3.05. The summed E-state index contributed by atoms with van der Waals surface area (Å²) in [7, 11) is 0. The number of carbonyl (C=O) groups is 1. The van der Waals surface area contributed by atoms with Crippen LogP contribution < -0.4 is 11.1 Å². The van der Waals surface area contributed by atoms with Gasteiger partial charge in [-0.05, 0) is 61.8 Å². The molecule has 2 bridgehead atoms. The average molecular weight is 256 g/mol. The Morgan fingerprint density at radius 1 is 1.26 bits per heavy atom. The van der Waals surface area contributed by atoms with E-state index >= 15 is 0 Å². The van der Waals surface area contributed by atoms with Crippen LogP contribution in [0.2, 0.25) is 0 Å². The first-order chi connectivity index (χ1) is 9.13. The fraction of sp³-hybridized carbons (Fsp3) is 0.438. The van der Waals surface area contributed by atoms with Crippen LogP contribution in [-0.2, 0) is 0 Å². The molecule has 1 aromatic carbocycles. The van der Waals surface area contributed by atoms with E-state index in [0.717, 1.165) is 23.4 Å². The molecule has 3 nitrogen and oxygen atoms in total. The maximum atomic E-state index is 11.0. The lowest BCUT2D eigenvalue weighted by molar-refractivity contribution is 0.100. The number of anilines is 1. The van der Waals surface area contributed by atoms with Crippen LogP contribution in [0.3, 0.4) is 0 Å². The van der Waals surface area contributed by atoms with Crippen LogP contribution in [0.4, 0.5) is 5.69 Å². The molecule has 3 heteroatoms. The van der Waals surface area contributed by atoms with Gasteiger partial charge in [-0.15, -0.1) is 0 Å². The van der Waals surface area contributed by atoms with Gasteiger partial charge in [0.25, 0.3) is 0 Å². The van der Waals surface area contributed by atoms with Gasteiger partial charge in [-0.25, -0.2) is 0 Å². The third kappa shape index (κ3) is 2.37. The van der Waals surface area contributed by atoms with Gasteiger partial charge in [-0.2, -0.15) is 0 Å². The highest BCUT2D eigenvalue weighted by Gasteiger charge is 2.38. The lowest BCUT2D eigenvalue weighted by atomic mass is 9.87. The number of carbonyl (C=O) groups excluding carboxylic acids is 1. The Morgan fingerprint density at radius 3 is 2.53 bits per heavy atom. The van der Waals surface area contributed by atoms with Crippen molar-refractivity contribution in [2.45, 2.75) is 25.8 Å². The summed E-state index contributed by atoms with van der Waals surface area (Å²) >= 11 is 0. The minimum atomic E-state index is -0.377. The summed E-state index contributed by atoms with van der Waals surface area (Å²) in [6.07, 6.45) is 7.38. The van der Waals surface area contributed by atoms with Crippen molar-refractivity contribution >= 4 is 11.6 Å². The number of benzene rings is 1. The summed E-state index contributed by atoms with van der Waals surface area (Å²) in [5.74, 6) is 1.90. The van der Waals surface area contributed by atoms with Gasteiger partial charge in [0.1, 0.15) is 0 Å². The summed E-state index contributed by atoms with van der Waals surface area (Å²) in [5, 5.41) is 3.55. The SMILES string of the molecule is CC(Nc1ccc(C(N)=O)cc1)C1CC2C=CC1C2. The van der Waals surface area contributed by atoms with E-state index in [4.69, 9.17) is 5.73 Å². The number of allylic oxidation sites excluding steroid dienone is 2. The molecule has 0 aliphatic heterocycles. The number of rotatable bonds is 4. The molecule has 3 rings (SSSR count). The first kappa shape index (κ1) is 12.3. The zero-order valence-electron chi connectivity index (χ0n) is 11.2. The minimum Gasteiger partial charge on any atom is -0.382 e. The van der Waals surface area contributed by atoms with Crippen LogP contribution in [0.15, 0.2) is 36.4 Å². The molecule has 4 atom stereocenters. The Hall–Kier alpha value is -1.77. The number of nitrogens with one attached hydrogen (secondary N) is 1. The topological polar surface area (TPSA) is 55.1 Å². The van der Waals surface area contributed by atoms with Gasteiger partial charge in [-0.3, -0.25) is 4.79 Å². The van der Waals surface area contributed by atoms with Crippen LogP contribution in [-0.4, -0.2) is 11.9 Å². The van der Waals surface area contributed by atoms with E-state index in [-0.39, 0.29) is 5.91 Å². The zero-order valence-corrected chi connectivity index (χ0v) is 11.2. The van der Waals surface area contributed by atoms with Gasteiger partial charge in [0.05, 0.1) is 0 Å². The Labute approximate surface area is 113 Å². The molecule has 3 N–H and O–H groups in total. The quantitative estimate of drug-likeness (QED) is 0.814. The molecule has 1 amide bonds. The van der Waals surface area contributed by atoms with Gasteiger partial charge >= 0.3 is 0 Å². The van der Waals surface area contributed by atoms with Gasteiger partial charge in [0.2, 0.25) is 5.91 Å². The number of hydrogen-bond donors (Lipinski definition) is 2. The predicted molar refractivity (Wildman–Crippen MR) is 76.9 cm³/mol. The summed E-state index contributed by atoms with van der Waals surface area (Å²) in [6.45, 7) is 2.25. The highest BCUT2D eigenvalue weighted by molar-refractivity contribution is 5.93. The smallest absolute Gasteiger partial charge is 0.248 e. The molecule has 2 aliphatic rings. The minimum absolute atomic E-state index is 0.377. The summed E-state index contributed by atoms with van der Waals surface area (Å²) in [5.41, 5.74) is 6.85. The molecule has 0 saturated heterocycles. The Balaban J connectivity index is 1.64. The molecule has 0 aromatic heterocycles. The average Bonchev–Trinajstić information content (AvgIpc) is 3.01. The van der Waals surface area contributed by atoms with Crippen LogP contribution >= 0.6 is 0 Å². The molecule has 100 valence electrons. The van der Waals surface area contributed by atoms with E-state index in [1.165, 1.54) is 12.8 Å². The first-order valence-corrected chi connectivity index (χ1v) is 6.98. The summed E-state index contributed by atoms with van der Waals surface area (Å²) in [4.78, 5) is 11.0. The second-order valence-electron chi connectivity index (χ2n) is 5.82. The van der Waals surface area contributed by atoms with E-state index < -0.39 is 0 Å². The van der Waals surface area contributed by atoms with E-state index in [1.54, 1.807) is 12.1 Å². The molecular weight excluding hydrogens is 236 g/mol. The molecule has 1 aromatic rings. The summed E-state index contributed by atoms with van der Waals surface area (Å²) in [6, 6.07) is 7.87. The molecule has 4 unspecified atom stereocenters. The lowest BCUT2D eigenvalue weighted by Crippen LogP contribution is -2.28. The van der Waals surface area contributed by atoms with Gasteiger partial charge in [0.15, 0.2) is 0 Å². The van der Waals surface area contributed by atoms with E-state index in [0.29, 0.717) is 11.6 Å². The van der Waals surface area contributed by atoms with Crippen LogP contribution in [0.25, 0.3) is 0 Å². The van der Waals surface area contributed by atoms with Crippen LogP contribution in [0.5, 0.6) is 0 Å². The highest BCUT2D eigenvalue weighted by atomic mass is 16.1. The van der Waals surface area contributed by atoms with Crippen molar-refractivity contribution in [3.8, 4) is 0 Å². The monoisotopic (exact) mass is 256 g/mol. The van der Waals surface area contributed by atoms with E-state index in [9.17, 15) is 4.79 Å². The van der Waals surface area contributed by atoms with Gasteiger partial charge in [0, 0.05) is 17.3 Å². The van der Waals surface area contributed by atoms with E-state index in [2.05, 4.69) is 24.4 Å². The first-order valence-electron chi connectivity index (χ1n) is 6.98.